The number of aromatic nitrogens is 3. The standard InChI is InChI=1S/C13H12N4O/c1-8-4-5-15-12(6-8)17-11-7-9(14)2-3-10(11)16-13(17)18/h2-7H,14H2,1H3,(H,16,18). The molecule has 90 valence electrons. The van der Waals surface area contributed by atoms with Crippen LogP contribution in [0.25, 0.3) is 16.9 Å². The number of H-pyrrole nitrogens is 1. The number of aromatic amines is 1. The second kappa shape index (κ2) is 3.73. The Hall–Kier alpha value is -2.56. The summed E-state index contributed by atoms with van der Waals surface area (Å²) in [7, 11) is 0. The summed E-state index contributed by atoms with van der Waals surface area (Å²) in [6, 6.07) is 9.05. The molecular formula is C13H12N4O. The van der Waals surface area contributed by atoms with Gasteiger partial charge in [0.05, 0.1) is 11.0 Å². The molecule has 5 nitrogen and oxygen atoms in total. The highest BCUT2D eigenvalue weighted by Crippen LogP contribution is 2.17. The van der Waals surface area contributed by atoms with E-state index in [-0.39, 0.29) is 5.69 Å². The van der Waals surface area contributed by atoms with Gasteiger partial charge in [-0.3, -0.25) is 0 Å². The van der Waals surface area contributed by atoms with Crippen LogP contribution in [-0.2, 0) is 0 Å². The third kappa shape index (κ3) is 1.57. The van der Waals surface area contributed by atoms with E-state index in [0.717, 1.165) is 16.6 Å². The minimum absolute atomic E-state index is 0.214. The maximum absolute atomic E-state index is 12.0. The SMILES string of the molecule is Cc1ccnc(-n2c(=O)[nH]c3ccc(N)cc32)c1. The fourth-order valence-electron chi connectivity index (χ4n) is 1.99. The van der Waals surface area contributed by atoms with Crippen molar-refractivity contribution >= 4 is 16.7 Å². The van der Waals surface area contributed by atoms with Crippen molar-refractivity contribution in [2.75, 3.05) is 5.73 Å². The highest BCUT2D eigenvalue weighted by atomic mass is 16.1. The fraction of sp³-hybridized carbons (Fsp3) is 0.0769. The number of pyridine rings is 1. The number of nitrogens with two attached hydrogens (primary N) is 1. The Balaban J connectivity index is 2.38. The van der Waals surface area contributed by atoms with Gasteiger partial charge in [0.15, 0.2) is 0 Å². The number of hydrogen-bond donors (Lipinski definition) is 2. The first-order valence-corrected chi connectivity index (χ1v) is 5.58. The number of anilines is 1. The van der Waals surface area contributed by atoms with E-state index in [9.17, 15) is 4.79 Å². The number of hydrogen-bond acceptors (Lipinski definition) is 3. The molecule has 0 unspecified atom stereocenters. The molecule has 5 heteroatoms. The van der Waals surface area contributed by atoms with E-state index in [1.165, 1.54) is 4.57 Å². The number of nitrogen functional groups attached to an aromatic ring is 1. The van der Waals surface area contributed by atoms with Gasteiger partial charge in [-0.1, -0.05) is 0 Å². The van der Waals surface area contributed by atoms with Crippen molar-refractivity contribution in [2.24, 2.45) is 0 Å². The maximum atomic E-state index is 12.0. The Morgan fingerprint density at radius 3 is 2.89 bits per heavy atom. The van der Waals surface area contributed by atoms with E-state index < -0.39 is 0 Å². The van der Waals surface area contributed by atoms with Gasteiger partial charge < -0.3 is 10.7 Å². The van der Waals surface area contributed by atoms with Gasteiger partial charge in [-0.25, -0.2) is 14.3 Å². The van der Waals surface area contributed by atoms with E-state index in [0.29, 0.717) is 11.5 Å². The van der Waals surface area contributed by atoms with Crippen molar-refractivity contribution in [2.45, 2.75) is 6.92 Å². The largest absolute Gasteiger partial charge is 0.399 e. The van der Waals surface area contributed by atoms with Crippen LogP contribution in [0.15, 0.2) is 41.3 Å². The van der Waals surface area contributed by atoms with Crippen LogP contribution >= 0.6 is 0 Å². The molecule has 2 heterocycles. The van der Waals surface area contributed by atoms with Crippen molar-refractivity contribution in [3.63, 3.8) is 0 Å². The van der Waals surface area contributed by atoms with Crippen LogP contribution in [0.1, 0.15) is 5.56 Å². The highest BCUT2D eigenvalue weighted by Gasteiger charge is 2.09. The molecule has 2 aromatic heterocycles. The molecule has 0 aliphatic rings. The van der Waals surface area contributed by atoms with E-state index in [1.807, 2.05) is 19.1 Å². The quantitative estimate of drug-likeness (QED) is 0.634. The van der Waals surface area contributed by atoms with Gasteiger partial charge in [-0.2, -0.15) is 0 Å². The van der Waals surface area contributed by atoms with Gasteiger partial charge >= 0.3 is 5.69 Å². The van der Waals surface area contributed by atoms with Crippen molar-refractivity contribution in [3.8, 4) is 5.82 Å². The lowest BCUT2D eigenvalue weighted by Gasteiger charge is -2.03. The maximum Gasteiger partial charge on any atom is 0.332 e. The van der Waals surface area contributed by atoms with Gasteiger partial charge in [0, 0.05) is 11.9 Å². The van der Waals surface area contributed by atoms with Gasteiger partial charge in [-0.05, 0) is 42.8 Å². The van der Waals surface area contributed by atoms with Crippen LogP contribution in [0.4, 0.5) is 5.69 Å². The second-order valence-electron chi connectivity index (χ2n) is 4.23. The third-order valence-electron chi connectivity index (χ3n) is 2.84. The lowest BCUT2D eigenvalue weighted by molar-refractivity contribution is 0.963. The Kier molecular flexibility index (Phi) is 2.19. The summed E-state index contributed by atoms with van der Waals surface area (Å²) in [5.41, 5.74) is 8.69. The number of imidazole rings is 1. The van der Waals surface area contributed by atoms with Crippen molar-refractivity contribution < 1.29 is 0 Å². The lowest BCUT2D eigenvalue weighted by atomic mass is 10.2. The molecule has 0 amide bonds. The third-order valence-corrected chi connectivity index (χ3v) is 2.84. The Bertz CT molecular complexity index is 785. The summed E-state index contributed by atoms with van der Waals surface area (Å²) < 4.78 is 1.53. The molecule has 3 aromatic rings. The van der Waals surface area contributed by atoms with Crippen LogP contribution in [0, 0.1) is 6.92 Å². The van der Waals surface area contributed by atoms with E-state index in [2.05, 4.69) is 9.97 Å². The molecule has 0 bridgehead atoms. The summed E-state index contributed by atoms with van der Waals surface area (Å²) >= 11 is 0. The van der Waals surface area contributed by atoms with Crippen LogP contribution < -0.4 is 11.4 Å². The van der Waals surface area contributed by atoms with Crippen LogP contribution in [-0.4, -0.2) is 14.5 Å². The topological polar surface area (TPSA) is 76.7 Å². The molecule has 0 saturated carbocycles. The van der Waals surface area contributed by atoms with Gasteiger partial charge in [-0.15, -0.1) is 0 Å². The van der Waals surface area contributed by atoms with Gasteiger partial charge in [0.25, 0.3) is 0 Å². The molecule has 0 saturated heterocycles. The molecule has 3 N–H and O–H groups in total. The molecule has 0 aliphatic carbocycles. The molecule has 0 atom stereocenters. The molecule has 3 rings (SSSR count). The minimum atomic E-state index is -0.214. The van der Waals surface area contributed by atoms with Crippen LogP contribution in [0.3, 0.4) is 0 Å². The summed E-state index contributed by atoms with van der Waals surface area (Å²) in [5.74, 6) is 0.594. The molecule has 0 fully saturated rings. The summed E-state index contributed by atoms with van der Waals surface area (Å²) in [6.07, 6.45) is 1.68. The number of rotatable bonds is 1. The van der Waals surface area contributed by atoms with E-state index in [1.54, 1.807) is 24.4 Å². The monoisotopic (exact) mass is 240 g/mol. The highest BCUT2D eigenvalue weighted by molar-refractivity contribution is 5.80. The predicted octanol–water partition coefficient (Wildman–Crippen LogP) is 1.60. The average molecular weight is 240 g/mol. The summed E-state index contributed by atoms with van der Waals surface area (Å²) in [6.45, 7) is 1.96. The Morgan fingerprint density at radius 2 is 2.11 bits per heavy atom. The first-order chi connectivity index (χ1) is 8.65. The Labute approximate surface area is 103 Å². The van der Waals surface area contributed by atoms with Crippen molar-refractivity contribution in [3.05, 3.63) is 52.6 Å². The molecular weight excluding hydrogens is 228 g/mol. The van der Waals surface area contributed by atoms with E-state index >= 15 is 0 Å². The summed E-state index contributed by atoms with van der Waals surface area (Å²) in [5, 5.41) is 0. The zero-order valence-corrected chi connectivity index (χ0v) is 9.84. The smallest absolute Gasteiger partial charge is 0.332 e. The van der Waals surface area contributed by atoms with Gasteiger partial charge in [0.2, 0.25) is 0 Å². The zero-order chi connectivity index (χ0) is 12.7. The van der Waals surface area contributed by atoms with E-state index in [4.69, 9.17) is 5.73 Å². The average Bonchev–Trinajstić information content (AvgIpc) is 2.64. The zero-order valence-electron chi connectivity index (χ0n) is 9.84. The number of benzene rings is 1. The molecule has 0 radical (unpaired) electrons. The second-order valence-corrected chi connectivity index (χ2v) is 4.23. The number of nitrogens with zero attached hydrogens (tertiary/aromatic N) is 2. The first kappa shape index (κ1) is 10.6. The molecule has 18 heavy (non-hydrogen) atoms. The molecule has 0 aliphatic heterocycles. The van der Waals surface area contributed by atoms with Gasteiger partial charge in [0.1, 0.15) is 5.82 Å². The van der Waals surface area contributed by atoms with Crippen LogP contribution in [0.2, 0.25) is 0 Å². The number of fused-ring (bicyclic) bond motifs is 1. The minimum Gasteiger partial charge on any atom is -0.399 e. The lowest BCUT2D eigenvalue weighted by Crippen LogP contribution is -2.15. The number of aryl methyl sites for hydroxylation is 1. The normalized spacial score (nSPS) is 10.9. The Morgan fingerprint density at radius 1 is 1.28 bits per heavy atom. The van der Waals surface area contributed by atoms with Crippen molar-refractivity contribution in [1.29, 1.82) is 0 Å². The molecule has 0 spiro atoms. The van der Waals surface area contributed by atoms with Crippen LogP contribution in [0.5, 0.6) is 0 Å². The predicted molar refractivity (Wildman–Crippen MR) is 70.8 cm³/mol. The first-order valence-electron chi connectivity index (χ1n) is 5.58. The van der Waals surface area contributed by atoms with Crippen molar-refractivity contribution in [1.82, 2.24) is 14.5 Å². The molecule has 1 aromatic carbocycles. The fourth-order valence-corrected chi connectivity index (χ4v) is 1.99. The summed E-state index contributed by atoms with van der Waals surface area (Å²) in [4.78, 5) is 19.0. The number of nitrogens with one attached hydrogen (secondary N) is 1.